The van der Waals surface area contributed by atoms with Crippen molar-refractivity contribution in [1.29, 1.82) is 0 Å². The van der Waals surface area contributed by atoms with Gasteiger partial charge in [-0.15, -0.1) is 5.10 Å². The van der Waals surface area contributed by atoms with E-state index in [0.717, 1.165) is 6.42 Å². The minimum Gasteiger partial charge on any atom is -0.464 e. The highest BCUT2D eigenvalue weighted by molar-refractivity contribution is 5.88. The highest BCUT2D eigenvalue weighted by Crippen LogP contribution is 2.08. The van der Waals surface area contributed by atoms with Crippen LogP contribution in [0.25, 0.3) is 0 Å². The van der Waals surface area contributed by atoms with Crippen molar-refractivity contribution in [3.05, 3.63) is 11.4 Å². The van der Waals surface area contributed by atoms with Gasteiger partial charge in [-0.05, 0) is 6.42 Å². The summed E-state index contributed by atoms with van der Waals surface area (Å²) in [7, 11) is 4.33. The van der Waals surface area contributed by atoms with Gasteiger partial charge in [0.15, 0.2) is 5.69 Å². The molecular formula is C12H20N4O5. The molecule has 0 saturated carbocycles. The summed E-state index contributed by atoms with van der Waals surface area (Å²) in [4.78, 5) is 23.3. The number of nitrogens with one attached hydrogen (secondary N) is 1. The van der Waals surface area contributed by atoms with E-state index in [2.05, 4.69) is 20.4 Å². The van der Waals surface area contributed by atoms with Gasteiger partial charge in [0.05, 0.1) is 19.4 Å². The first-order valence-electron chi connectivity index (χ1n) is 6.39. The number of amides is 1. The Morgan fingerprint density at radius 1 is 1.24 bits per heavy atom. The predicted molar refractivity (Wildman–Crippen MR) is 71.6 cm³/mol. The van der Waals surface area contributed by atoms with E-state index in [4.69, 9.17) is 9.47 Å². The van der Waals surface area contributed by atoms with E-state index in [-0.39, 0.29) is 24.8 Å². The lowest BCUT2D eigenvalue weighted by molar-refractivity contribution is -0.122. The molecule has 0 aliphatic carbocycles. The Balaban J connectivity index is 2.67. The fourth-order valence-corrected chi connectivity index (χ4v) is 1.63. The third-order valence-electron chi connectivity index (χ3n) is 2.64. The maximum Gasteiger partial charge on any atom is 0.360 e. The van der Waals surface area contributed by atoms with E-state index >= 15 is 0 Å². The molecular weight excluding hydrogens is 280 g/mol. The number of hydrogen-bond donors (Lipinski definition) is 1. The Morgan fingerprint density at radius 2 is 2.00 bits per heavy atom. The molecule has 0 unspecified atom stereocenters. The smallest absolute Gasteiger partial charge is 0.360 e. The number of methoxy groups -OCH3 is 3. The first-order chi connectivity index (χ1) is 10.1. The summed E-state index contributed by atoms with van der Waals surface area (Å²) >= 11 is 0. The highest BCUT2D eigenvalue weighted by Gasteiger charge is 2.21. The quantitative estimate of drug-likeness (QED) is 0.478. The van der Waals surface area contributed by atoms with E-state index in [1.807, 2.05) is 0 Å². The highest BCUT2D eigenvalue weighted by atomic mass is 16.5. The lowest BCUT2D eigenvalue weighted by atomic mass is 10.3. The molecule has 0 aliphatic rings. The zero-order valence-electron chi connectivity index (χ0n) is 12.4. The predicted octanol–water partition coefficient (Wildman–Crippen LogP) is -0.636. The molecule has 0 aromatic carbocycles. The second-order valence-electron chi connectivity index (χ2n) is 4.16. The Bertz CT molecular complexity index is 474. The fraction of sp³-hybridized carbons (Fsp3) is 0.667. The third-order valence-corrected chi connectivity index (χ3v) is 2.64. The number of hydrogen-bond acceptors (Lipinski definition) is 7. The van der Waals surface area contributed by atoms with Crippen LogP contribution in [0.15, 0.2) is 0 Å². The van der Waals surface area contributed by atoms with Crippen LogP contribution < -0.4 is 5.32 Å². The molecule has 0 saturated heterocycles. The van der Waals surface area contributed by atoms with Crippen LogP contribution in [0.4, 0.5) is 0 Å². The molecule has 9 heteroatoms. The number of nitrogens with zero attached hydrogens (tertiary/aromatic N) is 3. The molecule has 0 bridgehead atoms. The third kappa shape index (κ3) is 5.12. The lowest BCUT2D eigenvalue weighted by Gasteiger charge is -2.07. The minimum atomic E-state index is -0.617. The summed E-state index contributed by atoms with van der Waals surface area (Å²) < 4.78 is 15.8. The number of ether oxygens (including phenoxy) is 3. The average molecular weight is 300 g/mol. The first kappa shape index (κ1) is 17.1. The second-order valence-corrected chi connectivity index (χ2v) is 4.16. The SMILES string of the molecule is COCCCNC(=O)Cn1nnc(C(=O)OC)c1COC. The molecule has 118 valence electrons. The molecule has 0 atom stereocenters. The molecule has 1 heterocycles. The zero-order valence-corrected chi connectivity index (χ0v) is 12.4. The topological polar surface area (TPSA) is 105 Å². The number of carbonyl (C=O) groups excluding carboxylic acids is 2. The summed E-state index contributed by atoms with van der Waals surface area (Å²) in [6.07, 6.45) is 0.720. The van der Waals surface area contributed by atoms with Crippen LogP contribution in [0, 0.1) is 0 Å². The van der Waals surface area contributed by atoms with Gasteiger partial charge in [-0.25, -0.2) is 9.48 Å². The van der Waals surface area contributed by atoms with Crippen molar-refractivity contribution in [1.82, 2.24) is 20.3 Å². The number of aromatic nitrogens is 3. The van der Waals surface area contributed by atoms with Crippen LogP contribution in [-0.4, -0.2) is 61.4 Å². The van der Waals surface area contributed by atoms with Crippen molar-refractivity contribution in [2.24, 2.45) is 0 Å². The van der Waals surface area contributed by atoms with Crippen LogP contribution >= 0.6 is 0 Å². The van der Waals surface area contributed by atoms with Gasteiger partial charge in [0.25, 0.3) is 0 Å². The van der Waals surface area contributed by atoms with Crippen LogP contribution in [-0.2, 0) is 32.2 Å². The van der Waals surface area contributed by atoms with E-state index in [9.17, 15) is 9.59 Å². The van der Waals surface area contributed by atoms with E-state index in [1.54, 1.807) is 7.11 Å². The standard InChI is InChI=1S/C12H20N4O5/c1-19-6-4-5-13-10(17)7-16-9(8-20-2)11(14-15-16)12(18)21-3/h4-8H2,1-3H3,(H,13,17). The van der Waals surface area contributed by atoms with Crippen LogP contribution in [0.3, 0.4) is 0 Å². The van der Waals surface area contributed by atoms with Crippen molar-refractivity contribution in [2.75, 3.05) is 34.5 Å². The molecule has 21 heavy (non-hydrogen) atoms. The number of rotatable bonds is 9. The van der Waals surface area contributed by atoms with Gasteiger partial charge in [0.2, 0.25) is 5.91 Å². The summed E-state index contributed by atoms with van der Waals surface area (Å²) in [5.41, 5.74) is 0.447. The molecule has 1 aromatic heterocycles. The second kappa shape index (κ2) is 9.03. The fourth-order valence-electron chi connectivity index (χ4n) is 1.63. The molecule has 0 aliphatic heterocycles. The van der Waals surface area contributed by atoms with Gasteiger partial charge in [-0.1, -0.05) is 5.21 Å². The van der Waals surface area contributed by atoms with Crippen LogP contribution in [0.5, 0.6) is 0 Å². The van der Waals surface area contributed by atoms with Crippen LogP contribution in [0.2, 0.25) is 0 Å². The van der Waals surface area contributed by atoms with Crippen molar-refractivity contribution in [3.8, 4) is 0 Å². The van der Waals surface area contributed by atoms with Gasteiger partial charge in [0, 0.05) is 27.4 Å². The Hall–Kier alpha value is -2.00. The Kier molecular flexibility index (Phi) is 7.33. The zero-order chi connectivity index (χ0) is 15.7. The summed E-state index contributed by atoms with van der Waals surface area (Å²) in [5, 5.41) is 10.2. The summed E-state index contributed by atoms with van der Waals surface area (Å²) in [6, 6.07) is 0. The van der Waals surface area contributed by atoms with Crippen molar-refractivity contribution in [3.63, 3.8) is 0 Å². The normalized spacial score (nSPS) is 10.4. The van der Waals surface area contributed by atoms with E-state index in [1.165, 1.54) is 18.9 Å². The van der Waals surface area contributed by atoms with E-state index in [0.29, 0.717) is 18.8 Å². The first-order valence-corrected chi connectivity index (χ1v) is 6.39. The molecule has 0 fully saturated rings. The number of esters is 1. The molecule has 0 radical (unpaired) electrons. The molecule has 0 spiro atoms. The van der Waals surface area contributed by atoms with Crippen LogP contribution in [0.1, 0.15) is 22.6 Å². The van der Waals surface area contributed by atoms with Crippen molar-refractivity contribution < 1.29 is 23.8 Å². The lowest BCUT2D eigenvalue weighted by Crippen LogP contribution is -2.30. The maximum atomic E-state index is 11.8. The van der Waals surface area contributed by atoms with E-state index < -0.39 is 5.97 Å². The number of carbonyl (C=O) groups is 2. The van der Waals surface area contributed by atoms with Gasteiger partial charge >= 0.3 is 5.97 Å². The average Bonchev–Trinajstić information content (AvgIpc) is 2.86. The maximum absolute atomic E-state index is 11.8. The van der Waals surface area contributed by atoms with Crippen molar-refractivity contribution >= 4 is 11.9 Å². The van der Waals surface area contributed by atoms with Gasteiger partial charge < -0.3 is 19.5 Å². The largest absolute Gasteiger partial charge is 0.464 e. The Morgan fingerprint density at radius 3 is 2.62 bits per heavy atom. The molecule has 1 aromatic rings. The van der Waals surface area contributed by atoms with Gasteiger partial charge in [-0.3, -0.25) is 4.79 Å². The monoisotopic (exact) mass is 300 g/mol. The summed E-state index contributed by atoms with van der Waals surface area (Å²) in [5.74, 6) is -0.849. The molecule has 9 nitrogen and oxygen atoms in total. The van der Waals surface area contributed by atoms with Gasteiger partial charge in [-0.2, -0.15) is 0 Å². The molecule has 1 amide bonds. The Labute approximate surface area is 122 Å². The molecule has 1 rings (SSSR count). The summed E-state index contributed by atoms with van der Waals surface area (Å²) in [6.45, 7) is 1.14. The molecule has 1 N–H and O–H groups in total. The van der Waals surface area contributed by atoms with Crippen molar-refractivity contribution in [2.45, 2.75) is 19.6 Å². The minimum absolute atomic E-state index is 0.0460. The van der Waals surface area contributed by atoms with Gasteiger partial charge in [0.1, 0.15) is 6.54 Å².